The summed E-state index contributed by atoms with van der Waals surface area (Å²) >= 11 is 0. The lowest BCUT2D eigenvalue weighted by Crippen LogP contribution is -2.62. The number of carbonyl (C=O) groups is 1. The summed E-state index contributed by atoms with van der Waals surface area (Å²) < 4.78 is 0. The summed E-state index contributed by atoms with van der Waals surface area (Å²) in [7, 11) is 2.07. The van der Waals surface area contributed by atoms with E-state index in [0.29, 0.717) is 17.2 Å². The van der Waals surface area contributed by atoms with Crippen LogP contribution in [0.3, 0.4) is 0 Å². The Morgan fingerprint density at radius 1 is 1.27 bits per heavy atom. The van der Waals surface area contributed by atoms with Crippen LogP contribution < -0.4 is 0 Å². The van der Waals surface area contributed by atoms with Gasteiger partial charge in [0.15, 0.2) is 0 Å². The van der Waals surface area contributed by atoms with Crippen molar-refractivity contribution in [3.8, 4) is 0 Å². The van der Waals surface area contributed by atoms with Crippen LogP contribution in [0.2, 0.25) is 0 Å². The first-order chi connectivity index (χ1) is 7.10. The number of likely N-dealkylation sites (tertiary alicyclic amines) is 2. The van der Waals surface area contributed by atoms with Crippen LogP contribution in [0, 0.1) is 11.3 Å². The Balaban J connectivity index is 1.81. The molecule has 3 heteroatoms. The topological polar surface area (TPSA) is 23.6 Å². The smallest absolute Gasteiger partial charge is 0.228 e. The first kappa shape index (κ1) is 10.9. The molecule has 0 aromatic carbocycles. The number of carbonyl (C=O) groups excluding carboxylic acids is 1. The molecule has 0 spiro atoms. The number of hydrogen-bond acceptors (Lipinski definition) is 2. The van der Waals surface area contributed by atoms with Crippen molar-refractivity contribution in [3.05, 3.63) is 0 Å². The quantitative estimate of drug-likeness (QED) is 0.699. The Bertz CT molecular complexity index is 246. The van der Waals surface area contributed by atoms with Crippen LogP contribution in [-0.2, 0) is 4.79 Å². The fourth-order valence-electron chi connectivity index (χ4n) is 2.73. The van der Waals surface area contributed by atoms with Gasteiger partial charge in [-0.1, -0.05) is 13.8 Å². The second-order valence-corrected chi connectivity index (χ2v) is 5.32. The summed E-state index contributed by atoms with van der Waals surface area (Å²) in [6, 6.07) is 0. The molecule has 0 radical (unpaired) electrons. The summed E-state index contributed by atoms with van der Waals surface area (Å²) in [5, 5.41) is 0. The molecule has 0 aliphatic carbocycles. The van der Waals surface area contributed by atoms with Crippen LogP contribution in [0.25, 0.3) is 0 Å². The zero-order chi connectivity index (χ0) is 11.1. The van der Waals surface area contributed by atoms with E-state index in [2.05, 4.69) is 30.7 Å². The summed E-state index contributed by atoms with van der Waals surface area (Å²) in [5.41, 5.74) is 0.450. The average molecular weight is 210 g/mol. The van der Waals surface area contributed by atoms with Gasteiger partial charge in [0, 0.05) is 31.6 Å². The molecule has 0 aromatic rings. The van der Waals surface area contributed by atoms with Gasteiger partial charge in [0.05, 0.1) is 5.92 Å². The predicted octanol–water partition coefficient (Wildman–Crippen LogP) is 1.20. The molecule has 2 rings (SSSR count). The van der Waals surface area contributed by atoms with Crippen molar-refractivity contribution >= 4 is 5.91 Å². The molecular weight excluding hydrogens is 188 g/mol. The highest BCUT2D eigenvalue weighted by Crippen LogP contribution is 2.38. The van der Waals surface area contributed by atoms with Crippen molar-refractivity contribution < 1.29 is 4.79 Å². The van der Waals surface area contributed by atoms with Crippen LogP contribution in [0.15, 0.2) is 0 Å². The zero-order valence-corrected chi connectivity index (χ0v) is 10.1. The molecule has 2 aliphatic rings. The minimum absolute atomic E-state index is 0.293. The van der Waals surface area contributed by atoms with Crippen molar-refractivity contribution in [2.45, 2.75) is 26.7 Å². The normalized spacial score (nSPS) is 25.9. The van der Waals surface area contributed by atoms with Crippen molar-refractivity contribution in [1.29, 1.82) is 0 Å². The second kappa shape index (κ2) is 3.78. The van der Waals surface area contributed by atoms with E-state index in [1.807, 2.05) is 0 Å². The molecule has 15 heavy (non-hydrogen) atoms. The third kappa shape index (κ3) is 1.78. The minimum Gasteiger partial charge on any atom is -0.341 e. The SMILES string of the molecule is CCC1(CC)CN(C(=O)C2CN(C)C2)C1. The van der Waals surface area contributed by atoms with Crippen molar-refractivity contribution in [1.82, 2.24) is 9.80 Å². The summed E-state index contributed by atoms with van der Waals surface area (Å²) in [6.07, 6.45) is 2.41. The molecule has 0 atom stereocenters. The number of rotatable bonds is 3. The van der Waals surface area contributed by atoms with E-state index in [0.717, 1.165) is 26.2 Å². The van der Waals surface area contributed by atoms with Gasteiger partial charge in [0.25, 0.3) is 0 Å². The van der Waals surface area contributed by atoms with Gasteiger partial charge in [0.1, 0.15) is 0 Å². The van der Waals surface area contributed by atoms with Crippen molar-refractivity contribution in [3.63, 3.8) is 0 Å². The fraction of sp³-hybridized carbons (Fsp3) is 0.917. The lowest BCUT2D eigenvalue weighted by molar-refractivity contribution is -0.153. The first-order valence-corrected chi connectivity index (χ1v) is 6.07. The highest BCUT2D eigenvalue weighted by Gasteiger charge is 2.45. The third-order valence-corrected chi connectivity index (χ3v) is 4.28. The van der Waals surface area contributed by atoms with Crippen molar-refractivity contribution in [2.75, 3.05) is 33.2 Å². The van der Waals surface area contributed by atoms with Gasteiger partial charge in [-0.2, -0.15) is 0 Å². The predicted molar refractivity (Wildman–Crippen MR) is 60.6 cm³/mol. The Kier molecular flexibility index (Phi) is 2.75. The highest BCUT2D eigenvalue weighted by molar-refractivity contribution is 5.81. The van der Waals surface area contributed by atoms with Crippen LogP contribution >= 0.6 is 0 Å². The molecule has 2 aliphatic heterocycles. The Hall–Kier alpha value is -0.570. The molecule has 2 fully saturated rings. The minimum atomic E-state index is 0.293. The summed E-state index contributed by atoms with van der Waals surface area (Å²) in [4.78, 5) is 16.2. The monoisotopic (exact) mass is 210 g/mol. The molecular formula is C12H22N2O. The number of amides is 1. The Labute approximate surface area is 92.4 Å². The standard InChI is InChI=1S/C12H22N2O/c1-4-12(5-2)8-14(9-12)11(15)10-6-13(3)7-10/h10H,4-9H2,1-3H3. The molecule has 0 N–H and O–H groups in total. The second-order valence-electron chi connectivity index (χ2n) is 5.32. The van der Waals surface area contributed by atoms with Gasteiger partial charge in [-0.3, -0.25) is 4.79 Å². The number of hydrogen-bond donors (Lipinski definition) is 0. The van der Waals surface area contributed by atoms with E-state index in [1.54, 1.807) is 0 Å². The third-order valence-electron chi connectivity index (χ3n) is 4.28. The number of nitrogens with zero attached hydrogens (tertiary/aromatic N) is 2. The molecule has 2 saturated heterocycles. The lowest BCUT2D eigenvalue weighted by atomic mass is 9.74. The maximum absolute atomic E-state index is 12.0. The van der Waals surface area contributed by atoms with E-state index in [1.165, 1.54) is 12.8 Å². The molecule has 0 saturated carbocycles. The van der Waals surface area contributed by atoms with Crippen molar-refractivity contribution in [2.24, 2.45) is 11.3 Å². The molecule has 2 heterocycles. The van der Waals surface area contributed by atoms with Gasteiger partial charge in [-0.25, -0.2) is 0 Å². The van der Waals surface area contributed by atoms with Gasteiger partial charge >= 0.3 is 0 Å². The fourth-order valence-corrected chi connectivity index (χ4v) is 2.73. The van der Waals surface area contributed by atoms with E-state index >= 15 is 0 Å². The van der Waals surface area contributed by atoms with Crippen LogP contribution in [-0.4, -0.2) is 48.9 Å². The van der Waals surface area contributed by atoms with Gasteiger partial charge in [-0.15, -0.1) is 0 Å². The highest BCUT2D eigenvalue weighted by atomic mass is 16.2. The van der Waals surface area contributed by atoms with E-state index < -0.39 is 0 Å². The van der Waals surface area contributed by atoms with E-state index in [-0.39, 0.29) is 0 Å². The Morgan fingerprint density at radius 2 is 1.80 bits per heavy atom. The Morgan fingerprint density at radius 3 is 2.20 bits per heavy atom. The van der Waals surface area contributed by atoms with Crippen LogP contribution in [0.4, 0.5) is 0 Å². The van der Waals surface area contributed by atoms with E-state index in [4.69, 9.17) is 0 Å². The lowest BCUT2D eigenvalue weighted by Gasteiger charge is -2.52. The zero-order valence-electron chi connectivity index (χ0n) is 10.1. The summed E-state index contributed by atoms with van der Waals surface area (Å²) in [5.74, 6) is 0.687. The molecule has 1 amide bonds. The van der Waals surface area contributed by atoms with Gasteiger partial charge in [0.2, 0.25) is 5.91 Å². The van der Waals surface area contributed by atoms with E-state index in [9.17, 15) is 4.79 Å². The maximum Gasteiger partial charge on any atom is 0.228 e. The molecule has 86 valence electrons. The molecule has 0 aromatic heterocycles. The van der Waals surface area contributed by atoms with Gasteiger partial charge in [-0.05, 0) is 19.9 Å². The average Bonchev–Trinajstić information content (AvgIpc) is 2.12. The summed E-state index contributed by atoms with van der Waals surface area (Å²) in [6.45, 7) is 8.39. The molecule has 0 unspecified atom stereocenters. The van der Waals surface area contributed by atoms with Crippen LogP contribution in [0.5, 0.6) is 0 Å². The molecule has 3 nitrogen and oxygen atoms in total. The first-order valence-electron chi connectivity index (χ1n) is 6.07. The van der Waals surface area contributed by atoms with Gasteiger partial charge < -0.3 is 9.80 Å². The largest absolute Gasteiger partial charge is 0.341 e. The van der Waals surface area contributed by atoms with Crippen LogP contribution in [0.1, 0.15) is 26.7 Å². The molecule has 0 bridgehead atoms. The maximum atomic E-state index is 12.0.